The van der Waals surface area contributed by atoms with Crippen LogP contribution in [0.4, 0.5) is 11.4 Å². The van der Waals surface area contributed by atoms with Gasteiger partial charge in [-0.25, -0.2) is 0 Å². The van der Waals surface area contributed by atoms with E-state index in [-0.39, 0.29) is 45.8 Å². The van der Waals surface area contributed by atoms with E-state index >= 15 is 0 Å². The Morgan fingerprint density at radius 2 is 1.79 bits per heavy atom. The quantitative estimate of drug-likeness (QED) is 0.631. The van der Waals surface area contributed by atoms with Crippen LogP contribution in [-0.2, 0) is 7.05 Å². The molecule has 2 amide bonds. The zero-order chi connectivity index (χ0) is 21.5. The van der Waals surface area contributed by atoms with Crippen LogP contribution < -0.4 is 5.56 Å². The molecule has 0 fully saturated rings. The van der Waals surface area contributed by atoms with E-state index in [0.29, 0.717) is 12.1 Å². The first-order chi connectivity index (χ1) is 13.7. The Hall–Kier alpha value is -3.80. The fourth-order valence-electron chi connectivity index (χ4n) is 3.10. The van der Waals surface area contributed by atoms with E-state index in [0.717, 1.165) is 4.57 Å². The first-order valence-electron chi connectivity index (χ1n) is 8.92. The molecule has 9 heteroatoms. The van der Waals surface area contributed by atoms with Crippen LogP contribution >= 0.6 is 0 Å². The third-order valence-electron chi connectivity index (χ3n) is 4.66. The lowest BCUT2D eigenvalue weighted by Crippen LogP contribution is -2.33. The van der Waals surface area contributed by atoms with Crippen molar-refractivity contribution in [3.8, 4) is 11.9 Å². The molecule has 0 unspecified atom stereocenters. The Balaban J connectivity index is 2.00. The van der Waals surface area contributed by atoms with E-state index < -0.39 is 11.4 Å². The maximum Gasteiger partial charge on any atom is 0.281 e. The molecule has 1 aliphatic heterocycles. The maximum absolute atomic E-state index is 12.6. The second kappa shape index (κ2) is 7.31. The number of nitrogens with zero attached hydrogens (tertiary/aromatic N) is 5. The van der Waals surface area contributed by atoms with Crippen molar-refractivity contribution in [2.24, 2.45) is 23.2 Å². The van der Waals surface area contributed by atoms with E-state index in [9.17, 15) is 24.8 Å². The highest BCUT2D eigenvalue weighted by molar-refractivity contribution is 6.21. The summed E-state index contributed by atoms with van der Waals surface area (Å²) in [5, 5.41) is 27.1. The van der Waals surface area contributed by atoms with E-state index in [2.05, 4.69) is 10.2 Å². The smallest absolute Gasteiger partial charge is 0.281 e. The standard InChI is InChI=1S/C20H19N5O4/c1-10(2)9-25-18(27)13-6-5-12(7-14(13)19(25)28)22-23-16-11(3)15(8-21)17(26)24(4)20(16)29/h5-7,10,26H,9H2,1-4H3. The minimum atomic E-state index is -0.613. The van der Waals surface area contributed by atoms with Gasteiger partial charge in [0.05, 0.1) is 16.8 Å². The summed E-state index contributed by atoms with van der Waals surface area (Å²) >= 11 is 0. The van der Waals surface area contributed by atoms with Crippen LogP contribution in [0.5, 0.6) is 5.88 Å². The number of nitriles is 1. The summed E-state index contributed by atoms with van der Waals surface area (Å²) in [5.41, 5.74) is 0.250. The maximum atomic E-state index is 12.6. The van der Waals surface area contributed by atoms with Crippen LogP contribution in [-0.4, -0.2) is 32.9 Å². The number of carbonyl (C=O) groups is 2. The Morgan fingerprint density at radius 1 is 1.14 bits per heavy atom. The van der Waals surface area contributed by atoms with E-state index in [1.807, 2.05) is 19.9 Å². The zero-order valence-electron chi connectivity index (χ0n) is 16.4. The fraction of sp³-hybridized carbons (Fsp3) is 0.300. The number of aromatic nitrogens is 1. The van der Waals surface area contributed by atoms with Crippen LogP contribution in [0.15, 0.2) is 33.2 Å². The summed E-state index contributed by atoms with van der Waals surface area (Å²) in [5.74, 6) is -1.04. The molecule has 2 heterocycles. The van der Waals surface area contributed by atoms with Crippen molar-refractivity contribution in [2.75, 3.05) is 6.54 Å². The van der Waals surface area contributed by atoms with Gasteiger partial charge in [-0.05, 0) is 31.0 Å². The van der Waals surface area contributed by atoms with Crippen molar-refractivity contribution in [1.82, 2.24) is 9.47 Å². The van der Waals surface area contributed by atoms with Crippen LogP contribution in [0.2, 0.25) is 0 Å². The molecular formula is C20H19N5O4. The van der Waals surface area contributed by atoms with Crippen molar-refractivity contribution < 1.29 is 14.7 Å². The number of hydrogen-bond donors (Lipinski definition) is 1. The summed E-state index contributed by atoms with van der Waals surface area (Å²) in [6.07, 6.45) is 0. The third-order valence-corrected chi connectivity index (χ3v) is 4.66. The number of aromatic hydroxyl groups is 1. The number of fused-ring (bicyclic) bond motifs is 1. The van der Waals surface area contributed by atoms with Crippen LogP contribution in [0.3, 0.4) is 0 Å². The lowest BCUT2D eigenvalue weighted by molar-refractivity contribution is 0.0636. The fourth-order valence-corrected chi connectivity index (χ4v) is 3.10. The van der Waals surface area contributed by atoms with Crippen molar-refractivity contribution in [2.45, 2.75) is 20.8 Å². The summed E-state index contributed by atoms with van der Waals surface area (Å²) in [4.78, 5) is 38.5. The first kappa shape index (κ1) is 19.9. The second-order valence-corrected chi connectivity index (χ2v) is 7.19. The van der Waals surface area contributed by atoms with E-state index in [1.54, 1.807) is 0 Å². The lowest BCUT2D eigenvalue weighted by Gasteiger charge is -2.15. The van der Waals surface area contributed by atoms with Gasteiger partial charge in [-0.15, -0.1) is 5.11 Å². The molecule has 1 N–H and O–H groups in total. The average molecular weight is 393 g/mol. The summed E-state index contributed by atoms with van der Waals surface area (Å²) in [6.45, 7) is 5.64. The van der Waals surface area contributed by atoms with Crippen molar-refractivity contribution in [1.29, 1.82) is 5.26 Å². The van der Waals surface area contributed by atoms with Crippen molar-refractivity contribution in [3.63, 3.8) is 0 Å². The molecule has 0 aliphatic carbocycles. The minimum Gasteiger partial charge on any atom is -0.493 e. The average Bonchev–Trinajstić information content (AvgIpc) is 2.91. The van der Waals surface area contributed by atoms with Gasteiger partial charge in [0.15, 0.2) is 5.69 Å². The normalized spacial score (nSPS) is 13.4. The molecule has 2 aromatic rings. The largest absolute Gasteiger partial charge is 0.493 e. The Morgan fingerprint density at radius 3 is 2.41 bits per heavy atom. The van der Waals surface area contributed by atoms with Gasteiger partial charge in [0.1, 0.15) is 11.6 Å². The predicted molar refractivity (Wildman–Crippen MR) is 104 cm³/mol. The van der Waals surface area contributed by atoms with Crippen molar-refractivity contribution in [3.05, 3.63) is 50.8 Å². The monoisotopic (exact) mass is 393 g/mol. The number of amides is 2. The summed E-state index contributed by atoms with van der Waals surface area (Å²) in [7, 11) is 1.32. The molecule has 0 atom stereocenters. The van der Waals surface area contributed by atoms with Gasteiger partial charge in [0.25, 0.3) is 17.4 Å². The van der Waals surface area contributed by atoms with E-state index in [1.165, 1.54) is 37.1 Å². The third kappa shape index (κ3) is 3.29. The Bertz CT molecular complexity index is 1170. The highest BCUT2D eigenvalue weighted by Gasteiger charge is 2.35. The highest BCUT2D eigenvalue weighted by Crippen LogP contribution is 2.30. The van der Waals surface area contributed by atoms with Gasteiger partial charge < -0.3 is 5.11 Å². The molecule has 0 bridgehead atoms. The molecule has 0 radical (unpaired) electrons. The topological polar surface area (TPSA) is 128 Å². The molecule has 0 saturated carbocycles. The molecule has 9 nitrogen and oxygen atoms in total. The van der Waals surface area contributed by atoms with Crippen LogP contribution in [0.25, 0.3) is 0 Å². The number of rotatable bonds is 4. The summed E-state index contributed by atoms with van der Waals surface area (Å²) in [6, 6.07) is 6.32. The predicted octanol–water partition coefficient (Wildman–Crippen LogP) is 2.94. The molecule has 1 aliphatic rings. The van der Waals surface area contributed by atoms with Gasteiger partial charge >= 0.3 is 0 Å². The number of carbonyl (C=O) groups excluding carboxylic acids is 2. The van der Waals surface area contributed by atoms with Crippen molar-refractivity contribution >= 4 is 23.2 Å². The Kier molecular flexibility index (Phi) is 5.03. The Labute approximate surface area is 166 Å². The molecule has 29 heavy (non-hydrogen) atoms. The summed E-state index contributed by atoms with van der Waals surface area (Å²) < 4.78 is 0.911. The molecule has 3 rings (SSSR count). The zero-order valence-corrected chi connectivity index (χ0v) is 16.4. The molecular weight excluding hydrogens is 374 g/mol. The number of imide groups is 1. The molecule has 1 aromatic carbocycles. The first-order valence-corrected chi connectivity index (χ1v) is 8.92. The molecule has 0 saturated heterocycles. The van der Waals surface area contributed by atoms with Gasteiger partial charge in [-0.1, -0.05) is 13.8 Å². The SMILES string of the molecule is Cc1c(C#N)c(O)n(C)c(=O)c1N=Nc1ccc2c(c1)C(=O)N(CC(C)C)C2=O. The molecule has 0 spiro atoms. The van der Waals surface area contributed by atoms with Crippen LogP contribution in [0.1, 0.15) is 45.7 Å². The van der Waals surface area contributed by atoms with Gasteiger partial charge in [-0.2, -0.15) is 10.4 Å². The lowest BCUT2D eigenvalue weighted by atomic mass is 10.1. The number of pyridine rings is 1. The highest BCUT2D eigenvalue weighted by atomic mass is 16.3. The second-order valence-electron chi connectivity index (χ2n) is 7.19. The van der Waals surface area contributed by atoms with Gasteiger partial charge in [0, 0.05) is 19.2 Å². The number of hydrogen-bond acceptors (Lipinski definition) is 7. The minimum absolute atomic E-state index is 0.0693. The van der Waals surface area contributed by atoms with Gasteiger partial charge in [-0.3, -0.25) is 23.9 Å². The number of azo groups is 1. The molecule has 1 aromatic heterocycles. The van der Waals surface area contributed by atoms with Gasteiger partial charge in [0.2, 0.25) is 5.88 Å². The number of benzene rings is 1. The van der Waals surface area contributed by atoms with E-state index in [4.69, 9.17) is 0 Å². The molecule has 148 valence electrons. The van der Waals surface area contributed by atoms with Crippen LogP contribution in [0, 0.1) is 24.2 Å².